The highest BCUT2D eigenvalue weighted by Gasteiger charge is 2.07. The number of carbonyl (C=O) groups excluding carboxylic acids is 1. The lowest BCUT2D eigenvalue weighted by molar-refractivity contribution is 0.167. The molecule has 116 valence electrons. The molecule has 22 heavy (non-hydrogen) atoms. The van der Waals surface area contributed by atoms with E-state index >= 15 is 0 Å². The molecule has 5 heteroatoms. The van der Waals surface area contributed by atoms with Crippen molar-refractivity contribution in [1.82, 2.24) is 15.6 Å². The Morgan fingerprint density at radius 3 is 2.64 bits per heavy atom. The number of urea groups is 1. The molecule has 0 radical (unpaired) electrons. The van der Waals surface area contributed by atoms with Gasteiger partial charge in [-0.15, -0.1) is 0 Å². The molecule has 5 nitrogen and oxygen atoms in total. The van der Waals surface area contributed by atoms with Crippen molar-refractivity contribution in [1.29, 1.82) is 0 Å². The molecule has 0 aliphatic heterocycles. The van der Waals surface area contributed by atoms with Crippen LogP contribution in [0.5, 0.6) is 0 Å². The summed E-state index contributed by atoms with van der Waals surface area (Å²) in [6, 6.07) is 14.8. The van der Waals surface area contributed by atoms with Gasteiger partial charge in [0.15, 0.2) is 0 Å². The maximum Gasteiger partial charge on any atom is 0.315 e. The molecule has 0 fully saturated rings. The van der Waals surface area contributed by atoms with E-state index in [0.717, 1.165) is 17.0 Å². The zero-order valence-electron chi connectivity index (χ0n) is 12.6. The van der Waals surface area contributed by atoms with E-state index in [2.05, 4.69) is 15.6 Å². The minimum absolute atomic E-state index is 0.261. The Balaban J connectivity index is 1.68. The first-order chi connectivity index (χ1) is 10.6. The van der Waals surface area contributed by atoms with Gasteiger partial charge in [-0.3, -0.25) is 4.98 Å². The topological polar surface area (TPSA) is 74.2 Å². The van der Waals surface area contributed by atoms with E-state index < -0.39 is 6.10 Å². The van der Waals surface area contributed by atoms with Gasteiger partial charge in [0.05, 0.1) is 18.3 Å². The van der Waals surface area contributed by atoms with Crippen molar-refractivity contribution in [3.63, 3.8) is 0 Å². The van der Waals surface area contributed by atoms with Crippen LogP contribution in [0.2, 0.25) is 0 Å². The lowest BCUT2D eigenvalue weighted by Gasteiger charge is -2.12. The standard InChI is InChI=1S/C17H21N3O2/c1-13-6-5-9-15(20-13)12-19-17(22)18-11-10-16(21)14-7-3-2-4-8-14/h2-9,16,21H,10-12H2,1H3,(H2,18,19,22). The highest BCUT2D eigenvalue weighted by atomic mass is 16.3. The molecule has 0 saturated carbocycles. The van der Waals surface area contributed by atoms with Gasteiger partial charge in [-0.1, -0.05) is 36.4 Å². The summed E-state index contributed by atoms with van der Waals surface area (Å²) in [7, 11) is 0. The number of aliphatic hydroxyl groups is 1. The van der Waals surface area contributed by atoms with Crippen molar-refractivity contribution in [3.05, 3.63) is 65.5 Å². The minimum atomic E-state index is -0.570. The number of aliphatic hydroxyl groups excluding tert-OH is 1. The average molecular weight is 299 g/mol. The normalized spacial score (nSPS) is 11.7. The third kappa shape index (κ3) is 5.18. The van der Waals surface area contributed by atoms with Crippen molar-refractivity contribution in [2.24, 2.45) is 0 Å². The molecule has 1 aromatic heterocycles. The van der Waals surface area contributed by atoms with Crippen molar-refractivity contribution in [2.75, 3.05) is 6.54 Å². The van der Waals surface area contributed by atoms with Crippen LogP contribution in [-0.4, -0.2) is 22.7 Å². The Bertz CT molecular complexity index is 602. The second-order valence-electron chi connectivity index (χ2n) is 5.09. The smallest absolute Gasteiger partial charge is 0.315 e. The Kier molecular flexibility index (Phi) is 5.91. The monoisotopic (exact) mass is 299 g/mol. The molecule has 1 aromatic carbocycles. The zero-order chi connectivity index (χ0) is 15.8. The van der Waals surface area contributed by atoms with Crippen LogP contribution < -0.4 is 10.6 Å². The number of carbonyl (C=O) groups is 1. The number of aryl methyl sites for hydroxylation is 1. The van der Waals surface area contributed by atoms with Crippen LogP contribution in [0.4, 0.5) is 4.79 Å². The number of amides is 2. The van der Waals surface area contributed by atoms with E-state index in [1.165, 1.54) is 0 Å². The Labute approximate surface area is 130 Å². The number of aromatic nitrogens is 1. The van der Waals surface area contributed by atoms with Gasteiger partial charge < -0.3 is 15.7 Å². The Hall–Kier alpha value is -2.40. The third-order valence-electron chi connectivity index (χ3n) is 3.26. The number of benzene rings is 1. The number of hydrogen-bond acceptors (Lipinski definition) is 3. The fourth-order valence-corrected chi connectivity index (χ4v) is 2.10. The molecule has 2 rings (SSSR count). The molecular formula is C17H21N3O2. The first-order valence-corrected chi connectivity index (χ1v) is 7.32. The van der Waals surface area contributed by atoms with E-state index in [1.807, 2.05) is 55.5 Å². The summed E-state index contributed by atoms with van der Waals surface area (Å²) in [5, 5.41) is 15.5. The Morgan fingerprint density at radius 2 is 1.91 bits per heavy atom. The van der Waals surface area contributed by atoms with E-state index in [0.29, 0.717) is 19.5 Å². The summed E-state index contributed by atoms with van der Waals surface area (Å²) in [6.07, 6.45) is -0.0972. The first kappa shape index (κ1) is 16.0. The van der Waals surface area contributed by atoms with Crippen LogP contribution in [0.25, 0.3) is 0 Å². The molecular weight excluding hydrogens is 278 g/mol. The zero-order valence-corrected chi connectivity index (χ0v) is 12.6. The molecule has 1 unspecified atom stereocenters. The van der Waals surface area contributed by atoms with Gasteiger partial charge in [0.25, 0.3) is 0 Å². The first-order valence-electron chi connectivity index (χ1n) is 7.32. The van der Waals surface area contributed by atoms with Gasteiger partial charge in [0, 0.05) is 12.2 Å². The summed E-state index contributed by atoms with van der Waals surface area (Å²) in [5.74, 6) is 0. The molecule has 0 saturated heterocycles. The van der Waals surface area contributed by atoms with Crippen LogP contribution in [0.3, 0.4) is 0 Å². The molecule has 0 aliphatic carbocycles. The van der Waals surface area contributed by atoms with Gasteiger partial charge in [0.1, 0.15) is 0 Å². The molecule has 0 bridgehead atoms. The predicted molar refractivity (Wildman–Crippen MR) is 85.2 cm³/mol. The van der Waals surface area contributed by atoms with Crippen LogP contribution in [-0.2, 0) is 6.54 Å². The highest BCUT2D eigenvalue weighted by Crippen LogP contribution is 2.14. The summed E-state index contributed by atoms with van der Waals surface area (Å²) in [4.78, 5) is 16.0. The van der Waals surface area contributed by atoms with E-state index in [-0.39, 0.29) is 6.03 Å². The van der Waals surface area contributed by atoms with Crippen LogP contribution in [0, 0.1) is 6.92 Å². The third-order valence-corrected chi connectivity index (χ3v) is 3.26. The maximum atomic E-state index is 11.7. The molecule has 0 aliphatic rings. The van der Waals surface area contributed by atoms with E-state index in [1.54, 1.807) is 0 Å². The quantitative estimate of drug-likeness (QED) is 0.766. The van der Waals surface area contributed by atoms with Gasteiger partial charge in [0.2, 0.25) is 0 Å². The fourth-order valence-electron chi connectivity index (χ4n) is 2.10. The summed E-state index contributed by atoms with van der Waals surface area (Å²) in [6.45, 7) is 2.70. The summed E-state index contributed by atoms with van der Waals surface area (Å²) < 4.78 is 0. The van der Waals surface area contributed by atoms with Gasteiger partial charge in [-0.05, 0) is 31.0 Å². The molecule has 2 aromatic rings. The lowest BCUT2D eigenvalue weighted by atomic mass is 10.1. The molecule has 1 heterocycles. The number of hydrogen-bond donors (Lipinski definition) is 3. The Morgan fingerprint density at radius 1 is 1.14 bits per heavy atom. The molecule has 0 spiro atoms. The van der Waals surface area contributed by atoms with Crippen LogP contribution in [0.1, 0.15) is 29.5 Å². The fraction of sp³-hybridized carbons (Fsp3) is 0.294. The molecule has 2 amide bonds. The number of nitrogens with zero attached hydrogens (tertiary/aromatic N) is 1. The van der Waals surface area contributed by atoms with E-state index in [4.69, 9.17) is 0 Å². The van der Waals surface area contributed by atoms with Crippen molar-refractivity contribution in [3.8, 4) is 0 Å². The van der Waals surface area contributed by atoms with Crippen LogP contribution >= 0.6 is 0 Å². The maximum absolute atomic E-state index is 11.7. The highest BCUT2D eigenvalue weighted by molar-refractivity contribution is 5.73. The second-order valence-corrected chi connectivity index (χ2v) is 5.09. The lowest BCUT2D eigenvalue weighted by Crippen LogP contribution is -2.36. The van der Waals surface area contributed by atoms with Crippen molar-refractivity contribution < 1.29 is 9.90 Å². The number of nitrogens with one attached hydrogen (secondary N) is 2. The predicted octanol–water partition coefficient (Wildman–Crippen LogP) is 2.31. The van der Waals surface area contributed by atoms with Gasteiger partial charge in [-0.2, -0.15) is 0 Å². The van der Waals surface area contributed by atoms with Crippen molar-refractivity contribution in [2.45, 2.75) is 26.0 Å². The summed E-state index contributed by atoms with van der Waals surface area (Å²) in [5.41, 5.74) is 2.60. The SMILES string of the molecule is Cc1cccc(CNC(=O)NCCC(O)c2ccccc2)n1. The summed E-state index contributed by atoms with van der Waals surface area (Å²) >= 11 is 0. The molecule has 1 atom stereocenters. The average Bonchev–Trinajstić information content (AvgIpc) is 2.54. The van der Waals surface area contributed by atoms with Gasteiger partial charge in [-0.25, -0.2) is 4.79 Å². The largest absolute Gasteiger partial charge is 0.388 e. The van der Waals surface area contributed by atoms with Gasteiger partial charge >= 0.3 is 6.03 Å². The number of rotatable bonds is 6. The number of pyridine rings is 1. The van der Waals surface area contributed by atoms with E-state index in [9.17, 15) is 9.90 Å². The van der Waals surface area contributed by atoms with Crippen LogP contribution in [0.15, 0.2) is 48.5 Å². The minimum Gasteiger partial charge on any atom is -0.388 e. The van der Waals surface area contributed by atoms with Crippen molar-refractivity contribution >= 4 is 6.03 Å². The second kappa shape index (κ2) is 8.14. The molecule has 3 N–H and O–H groups in total.